The van der Waals surface area contributed by atoms with Gasteiger partial charge in [0.1, 0.15) is 11.4 Å². The maximum atomic E-state index is 13.4. The zero-order valence-corrected chi connectivity index (χ0v) is 13.7. The van der Waals surface area contributed by atoms with Gasteiger partial charge >= 0.3 is 12.1 Å². The number of nitrogens with one attached hydrogen (secondary N) is 1. The van der Waals surface area contributed by atoms with Crippen molar-refractivity contribution in [1.82, 2.24) is 0 Å². The SMILES string of the molecule is COC(=O)c1cc(F)cc(I)c1NC(=O)OC(C)(C)C. The first-order chi connectivity index (χ1) is 9.14. The van der Waals surface area contributed by atoms with Crippen molar-refractivity contribution in [2.24, 2.45) is 0 Å². The molecule has 1 aromatic rings. The van der Waals surface area contributed by atoms with E-state index in [0.717, 1.165) is 6.07 Å². The number of rotatable bonds is 2. The second-order valence-electron chi connectivity index (χ2n) is 4.93. The standard InChI is InChI=1S/C13H15FINO4/c1-13(2,3)20-12(18)16-10-8(11(17)19-4)5-7(14)6-9(10)15/h5-6H,1-4H3,(H,16,18). The van der Waals surface area contributed by atoms with Crippen LogP contribution in [-0.4, -0.2) is 24.8 Å². The van der Waals surface area contributed by atoms with Crippen molar-refractivity contribution in [1.29, 1.82) is 0 Å². The molecule has 0 fully saturated rings. The minimum Gasteiger partial charge on any atom is -0.465 e. The highest BCUT2D eigenvalue weighted by Gasteiger charge is 2.22. The van der Waals surface area contributed by atoms with Crippen molar-refractivity contribution in [2.75, 3.05) is 12.4 Å². The molecule has 0 spiro atoms. The topological polar surface area (TPSA) is 64.6 Å². The molecule has 1 amide bonds. The summed E-state index contributed by atoms with van der Waals surface area (Å²) in [6.07, 6.45) is -0.729. The van der Waals surface area contributed by atoms with Crippen LogP contribution in [0.2, 0.25) is 0 Å². The van der Waals surface area contributed by atoms with Crippen molar-refractivity contribution in [2.45, 2.75) is 26.4 Å². The summed E-state index contributed by atoms with van der Waals surface area (Å²) in [6, 6.07) is 2.19. The Morgan fingerprint density at radius 2 is 1.90 bits per heavy atom. The molecule has 0 aromatic heterocycles. The summed E-state index contributed by atoms with van der Waals surface area (Å²) in [4.78, 5) is 23.4. The second kappa shape index (κ2) is 6.38. The van der Waals surface area contributed by atoms with Gasteiger partial charge in [0.2, 0.25) is 0 Å². The quantitative estimate of drug-likeness (QED) is 0.615. The predicted octanol–water partition coefficient (Wildman–Crippen LogP) is 3.56. The highest BCUT2D eigenvalue weighted by atomic mass is 127. The van der Waals surface area contributed by atoms with Crippen LogP contribution in [0.4, 0.5) is 14.9 Å². The lowest BCUT2D eigenvalue weighted by Crippen LogP contribution is -2.28. The van der Waals surface area contributed by atoms with Gasteiger partial charge in [-0.3, -0.25) is 5.32 Å². The van der Waals surface area contributed by atoms with E-state index in [2.05, 4.69) is 10.1 Å². The van der Waals surface area contributed by atoms with Gasteiger partial charge in [-0.15, -0.1) is 0 Å². The van der Waals surface area contributed by atoms with Crippen molar-refractivity contribution in [3.05, 3.63) is 27.1 Å². The molecule has 0 saturated heterocycles. The van der Waals surface area contributed by atoms with Gasteiger partial charge in [-0.2, -0.15) is 0 Å². The second-order valence-corrected chi connectivity index (χ2v) is 6.09. The molecule has 20 heavy (non-hydrogen) atoms. The third-order valence-electron chi connectivity index (χ3n) is 2.09. The van der Waals surface area contributed by atoms with Crippen LogP contribution >= 0.6 is 22.6 Å². The van der Waals surface area contributed by atoms with E-state index >= 15 is 0 Å². The molecule has 0 radical (unpaired) electrons. The summed E-state index contributed by atoms with van der Waals surface area (Å²) in [7, 11) is 1.18. The number of anilines is 1. The molecule has 0 saturated carbocycles. The van der Waals surface area contributed by atoms with Crippen molar-refractivity contribution in [3.63, 3.8) is 0 Å². The number of hydrogen-bond acceptors (Lipinski definition) is 4. The molecule has 0 heterocycles. The molecule has 1 rings (SSSR count). The van der Waals surface area contributed by atoms with Gasteiger partial charge < -0.3 is 9.47 Å². The summed E-state index contributed by atoms with van der Waals surface area (Å²) < 4.78 is 23.4. The van der Waals surface area contributed by atoms with E-state index in [1.54, 1.807) is 20.8 Å². The molecular weight excluding hydrogens is 380 g/mol. The number of esters is 1. The average molecular weight is 395 g/mol. The van der Waals surface area contributed by atoms with E-state index in [4.69, 9.17) is 4.74 Å². The van der Waals surface area contributed by atoms with Gasteiger partial charge in [0.25, 0.3) is 0 Å². The summed E-state index contributed by atoms with van der Waals surface area (Å²) in [6.45, 7) is 5.14. The normalized spacial score (nSPS) is 10.9. The summed E-state index contributed by atoms with van der Waals surface area (Å²) in [5.41, 5.74) is -0.586. The van der Waals surface area contributed by atoms with Gasteiger partial charge in [0, 0.05) is 3.57 Å². The number of carbonyl (C=O) groups excluding carboxylic acids is 2. The molecule has 0 aliphatic heterocycles. The molecule has 1 N–H and O–H groups in total. The lowest BCUT2D eigenvalue weighted by Gasteiger charge is -2.20. The van der Waals surface area contributed by atoms with Crippen molar-refractivity contribution >= 4 is 40.3 Å². The molecule has 110 valence electrons. The fourth-order valence-electron chi connectivity index (χ4n) is 1.38. The molecule has 5 nitrogen and oxygen atoms in total. The Morgan fingerprint density at radius 3 is 2.40 bits per heavy atom. The van der Waals surface area contributed by atoms with Crippen molar-refractivity contribution < 1.29 is 23.5 Å². The Hall–Kier alpha value is -1.38. The third-order valence-corrected chi connectivity index (χ3v) is 2.94. The van der Waals surface area contributed by atoms with Crippen LogP contribution in [0.15, 0.2) is 12.1 Å². The zero-order valence-electron chi connectivity index (χ0n) is 11.5. The number of hydrogen-bond donors (Lipinski definition) is 1. The van der Waals surface area contributed by atoms with Crippen LogP contribution in [0.3, 0.4) is 0 Å². The van der Waals surface area contributed by atoms with Gasteiger partial charge in [-0.25, -0.2) is 14.0 Å². The van der Waals surface area contributed by atoms with Crippen LogP contribution in [0.5, 0.6) is 0 Å². The highest BCUT2D eigenvalue weighted by Crippen LogP contribution is 2.26. The van der Waals surface area contributed by atoms with E-state index < -0.39 is 23.5 Å². The predicted molar refractivity (Wildman–Crippen MR) is 80.3 cm³/mol. The largest absolute Gasteiger partial charge is 0.465 e. The first kappa shape index (κ1) is 16.7. The van der Waals surface area contributed by atoms with Gasteiger partial charge in [-0.1, -0.05) is 0 Å². The van der Waals surface area contributed by atoms with Crippen LogP contribution in [0, 0.1) is 9.39 Å². The number of ether oxygens (including phenoxy) is 2. The molecule has 7 heteroatoms. The van der Waals surface area contributed by atoms with Gasteiger partial charge in [0.15, 0.2) is 0 Å². The van der Waals surface area contributed by atoms with Crippen LogP contribution in [-0.2, 0) is 9.47 Å². The molecule has 1 aromatic carbocycles. The van der Waals surface area contributed by atoms with E-state index in [-0.39, 0.29) is 11.3 Å². The number of carbonyl (C=O) groups is 2. The van der Waals surface area contributed by atoms with Crippen LogP contribution < -0.4 is 5.32 Å². The number of halogens is 2. The maximum Gasteiger partial charge on any atom is 0.412 e. The molecule has 0 aliphatic rings. The Balaban J connectivity index is 3.11. The Bertz CT molecular complexity index is 540. The Morgan fingerprint density at radius 1 is 1.30 bits per heavy atom. The smallest absolute Gasteiger partial charge is 0.412 e. The molecule has 0 atom stereocenters. The van der Waals surface area contributed by atoms with Crippen LogP contribution in [0.1, 0.15) is 31.1 Å². The highest BCUT2D eigenvalue weighted by molar-refractivity contribution is 14.1. The van der Waals surface area contributed by atoms with E-state index in [1.807, 2.05) is 22.6 Å². The van der Waals surface area contributed by atoms with Crippen LogP contribution in [0.25, 0.3) is 0 Å². The Labute approximate surface area is 130 Å². The fourth-order valence-corrected chi connectivity index (χ4v) is 2.10. The minimum atomic E-state index is -0.742. The third kappa shape index (κ3) is 4.62. The summed E-state index contributed by atoms with van der Waals surface area (Å²) in [5.74, 6) is -1.34. The number of benzene rings is 1. The maximum absolute atomic E-state index is 13.4. The van der Waals surface area contributed by atoms with Gasteiger partial charge in [-0.05, 0) is 55.5 Å². The monoisotopic (exact) mass is 395 g/mol. The van der Waals surface area contributed by atoms with E-state index in [1.165, 1.54) is 13.2 Å². The number of methoxy groups -OCH3 is 1. The number of amides is 1. The summed E-state index contributed by atoms with van der Waals surface area (Å²) in [5, 5.41) is 2.44. The lowest BCUT2D eigenvalue weighted by molar-refractivity contribution is 0.0601. The fraction of sp³-hybridized carbons (Fsp3) is 0.385. The molecule has 0 unspecified atom stereocenters. The average Bonchev–Trinajstić information content (AvgIpc) is 2.29. The lowest BCUT2D eigenvalue weighted by atomic mass is 10.1. The minimum absolute atomic E-state index is 0.0669. The first-order valence-electron chi connectivity index (χ1n) is 5.71. The molecule has 0 aliphatic carbocycles. The van der Waals surface area contributed by atoms with E-state index in [0.29, 0.717) is 3.57 Å². The van der Waals surface area contributed by atoms with Crippen molar-refractivity contribution in [3.8, 4) is 0 Å². The first-order valence-corrected chi connectivity index (χ1v) is 6.79. The summed E-state index contributed by atoms with van der Waals surface area (Å²) >= 11 is 1.81. The van der Waals surface area contributed by atoms with E-state index in [9.17, 15) is 14.0 Å². The molecular formula is C13H15FINO4. The molecule has 0 bridgehead atoms. The zero-order chi connectivity index (χ0) is 15.5. The van der Waals surface area contributed by atoms with Gasteiger partial charge in [0.05, 0.1) is 18.4 Å². The Kier molecular flexibility index (Phi) is 5.32.